The van der Waals surface area contributed by atoms with Gasteiger partial charge in [0.15, 0.2) is 0 Å². The van der Waals surface area contributed by atoms with Gasteiger partial charge in [-0.05, 0) is 5.92 Å². The van der Waals surface area contributed by atoms with Crippen LogP contribution in [-0.4, -0.2) is 23.7 Å². The van der Waals surface area contributed by atoms with Crippen molar-refractivity contribution < 1.29 is 19.4 Å². The third-order valence-electron chi connectivity index (χ3n) is 1.63. The van der Waals surface area contributed by atoms with Crippen molar-refractivity contribution >= 4 is 11.9 Å². The Balaban J connectivity index is -0.0000000845. The van der Waals surface area contributed by atoms with Crippen LogP contribution in [0.4, 0.5) is 0 Å². The molecular formula is C13H30O4. The summed E-state index contributed by atoms with van der Waals surface area (Å²) in [5, 5.41) is 8.08. The number of rotatable bonds is 2. The summed E-state index contributed by atoms with van der Waals surface area (Å²) in [6.07, 6.45) is 0.889. The Hall–Kier alpha value is -1.06. The molecule has 0 spiro atoms. The summed E-state index contributed by atoms with van der Waals surface area (Å²) in [5.41, 5.74) is 0. The van der Waals surface area contributed by atoms with E-state index >= 15 is 0 Å². The fraction of sp³-hybridized carbons (Fsp3) is 0.846. The van der Waals surface area contributed by atoms with Crippen LogP contribution in [0.25, 0.3) is 0 Å². The molecule has 0 aliphatic carbocycles. The molecule has 0 aromatic rings. The maximum absolute atomic E-state index is 10.2. The number of esters is 1. The van der Waals surface area contributed by atoms with Gasteiger partial charge in [-0.1, -0.05) is 43.1 Å². The maximum atomic E-state index is 10.2. The molecule has 0 bridgehead atoms. The third-order valence-corrected chi connectivity index (χ3v) is 1.63. The van der Waals surface area contributed by atoms with Crippen LogP contribution in [0.1, 0.15) is 55.9 Å². The molecule has 1 heterocycles. The third kappa shape index (κ3) is 17.5. The lowest BCUT2D eigenvalue weighted by atomic mass is 10.1. The molecule has 106 valence electrons. The van der Waals surface area contributed by atoms with Crippen molar-refractivity contribution in [1.29, 1.82) is 0 Å². The van der Waals surface area contributed by atoms with Crippen LogP contribution < -0.4 is 0 Å². The summed E-state index contributed by atoms with van der Waals surface area (Å²) in [6.45, 7) is 6.39. The highest BCUT2D eigenvalue weighted by Crippen LogP contribution is 2.11. The molecule has 0 saturated carbocycles. The highest BCUT2D eigenvalue weighted by molar-refractivity contribution is 5.71. The number of aliphatic carboxylic acids is 1. The Morgan fingerprint density at radius 2 is 1.88 bits per heavy atom. The zero-order chi connectivity index (χ0) is 11.1. The lowest BCUT2D eigenvalue weighted by molar-refractivity contribution is -0.138. The van der Waals surface area contributed by atoms with Gasteiger partial charge in [0.05, 0.1) is 13.0 Å². The predicted octanol–water partition coefficient (Wildman–Crippen LogP) is 3.59. The minimum Gasteiger partial charge on any atom is -0.481 e. The standard InChI is InChI=1S/C5H8O2.C5H10O2.3CH4/c1-4-2-5(6)7-3-4;1-4(2)3-5(6)7;;;/h4H,2-3H2,1H3;4H,3H2,1-2H3,(H,6,7);3*1H4. The van der Waals surface area contributed by atoms with E-state index in [0.717, 1.165) is 0 Å². The SMILES string of the molecule is C.C.C.CC(C)CC(=O)O.CC1COC(=O)C1. The van der Waals surface area contributed by atoms with Crippen LogP contribution in [-0.2, 0) is 14.3 Å². The first-order valence-electron chi connectivity index (χ1n) is 4.79. The largest absolute Gasteiger partial charge is 0.481 e. The first-order valence-corrected chi connectivity index (χ1v) is 4.79. The van der Waals surface area contributed by atoms with E-state index in [4.69, 9.17) is 5.11 Å². The van der Waals surface area contributed by atoms with E-state index in [-0.39, 0.29) is 40.6 Å². The molecule has 0 aromatic heterocycles. The number of ether oxygens (including phenoxy) is 1. The van der Waals surface area contributed by atoms with Gasteiger partial charge in [0.25, 0.3) is 0 Å². The topological polar surface area (TPSA) is 63.6 Å². The number of carboxylic acids is 1. The van der Waals surface area contributed by atoms with Crippen LogP contribution in [0.3, 0.4) is 0 Å². The van der Waals surface area contributed by atoms with Crippen molar-refractivity contribution in [3.8, 4) is 0 Å². The monoisotopic (exact) mass is 250 g/mol. The smallest absolute Gasteiger partial charge is 0.306 e. The lowest BCUT2D eigenvalue weighted by Gasteiger charge is -1.94. The molecule has 1 fully saturated rings. The number of carbonyl (C=O) groups is 2. The first-order chi connectivity index (χ1) is 6.41. The molecule has 0 radical (unpaired) electrons. The number of hydrogen-bond acceptors (Lipinski definition) is 3. The first kappa shape index (κ1) is 25.0. The van der Waals surface area contributed by atoms with Gasteiger partial charge in [-0.3, -0.25) is 9.59 Å². The number of carboxylic acid groups (broad SMARTS) is 1. The number of carbonyl (C=O) groups excluding carboxylic acids is 1. The lowest BCUT2D eigenvalue weighted by Crippen LogP contribution is -1.99. The minimum absolute atomic E-state index is 0. The Bertz CT molecular complexity index is 200. The van der Waals surface area contributed by atoms with E-state index in [1.165, 1.54) is 0 Å². The Morgan fingerprint density at radius 1 is 1.41 bits per heavy atom. The van der Waals surface area contributed by atoms with Gasteiger partial charge in [-0.2, -0.15) is 0 Å². The van der Waals surface area contributed by atoms with Crippen LogP contribution in [0.5, 0.6) is 0 Å². The summed E-state index contributed by atoms with van der Waals surface area (Å²) in [5.74, 6) is -0.0347. The molecule has 4 heteroatoms. The van der Waals surface area contributed by atoms with Gasteiger partial charge in [0.2, 0.25) is 0 Å². The van der Waals surface area contributed by atoms with Crippen molar-refractivity contribution in [3.05, 3.63) is 0 Å². The van der Waals surface area contributed by atoms with Gasteiger partial charge in [0, 0.05) is 12.3 Å². The molecule has 1 N–H and O–H groups in total. The van der Waals surface area contributed by atoms with Crippen LogP contribution in [0.15, 0.2) is 0 Å². The van der Waals surface area contributed by atoms with Crippen molar-refractivity contribution in [2.75, 3.05) is 6.61 Å². The zero-order valence-corrected chi connectivity index (χ0v) is 8.95. The van der Waals surface area contributed by atoms with Gasteiger partial charge < -0.3 is 9.84 Å². The summed E-state index contributed by atoms with van der Waals surface area (Å²) in [6, 6.07) is 0. The molecule has 0 aromatic carbocycles. The second-order valence-electron chi connectivity index (χ2n) is 3.98. The zero-order valence-electron chi connectivity index (χ0n) is 8.95. The van der Waals surface area contributed by atoms with Gasteiger partial charge in [-0.25, -0.2) is 0 Å². The Labute approximate surface area is 106 Å². The summed E-state index contributed by atoms with van der Waals surface area (Å²) in [7, 11) is 0. The Kier molecular flexibility index (Phi) is 19.1. The average Bonchev–Trinajstić information content (AvgIpc) is 2.32. The number of hydrogen-bond donors (Lipinski definition) is 1. The molecule has 1 saturated heterocycles. The molecular weight excluding hydrogens is 220 g/mol. The van der Waals surface area contributed by atoms with Crippen LogP contribution in [0.2, 0.25) is 0 Å². The maximum Gasteiger partial charge on any atom is 0.306 e. The van der Waals surface area contributed by atoms with Crippen molar-refractivity contribution in [2.45, 2.75) is 55.9 Å². The fourth-order valence-electron chi connectivity index (χ4n) is 0.987. The van der Waals surface area contributed by atoms with Crippen molar-refractivity contribution in [3.63, 3.8) is 0 Å². The van der Waals surface area contributed by atoms with Crippen molar-refractivity contribution in [2.24, 2.45) is 11.8 Å². The quantitative estimate of drug-likeness (QED) is 0.761. The van der Waals surface area contributed by atoms with Gasteiger partial charge in [-0.15, -0.1) is 0 Å². The normalized spacial score (nSPS) is 16.5. The fourth-order valence-corrected chi connectivity index (χ4v) is 0.987. The van der Waals surface area contributed by atoms with E-state index in [0.29, 0.717) is 18.9 Å². The second kappa shape index (κ2) is 13.0. The minimum atomic E-state index is -0.713. The average molecular weight is 250 g/mol. The highest BCUT2D eigenvalue weighted by Gasteiger charge is 2.18. The summed E-state index contributed by atoms with van der Waals surface area (Å²) in [4.78, 5) is 20.0. The predicted molar refractivity (Wildman–Crippen MR) is 72.0 cm³/mol. The number of cyclic esters (lactones) is 1. The highest BCUT2D eigenvalue weighted by atomic mass is 16.5. The van der Waals surface area contributed by atoms with Gasteiger partial charge >= 0.3 is 11.9 Å². The van der Waals surface area contributed by atoms with E-state index in [9.17, 15) is 9.59 Å². The van der Waals surface area contributed by atoms with E-state index in [2.05, 4.69) is 4.74 Å². The molecule has 17 heavy (non-hydrogen) atoms. The van der Waals surface area contributed by atoms with Crippen molar-refractivity contribution in [1.82, 2.24) is 0 Å². The molecule has 1 rings (SSSR count). The van der Waals surface area contributed by atoms with Crippen LogP contribution in [0, 0.1) is 11.8 Å². The molecule has 0 amide bonds. The molecule has 4 nitrogen and oxygen atoms in total. The van der Waals surface area contributed by atoms with Crippen LogP contribution >= 0.6 is 0 Å². The second-order valence-corrected chi connectivity index (χ2v) is 3.98. The summed E-state index contributed by atoms with van der Waals surface area (Å²) >= 11 is 0. The van der Waals surface area contributed by atoms with Gasteiger partial charge in [0.1, 0.15) is 0 Å². The molecule has 1 aliphatic heterocycles. The Morgan fingerprint density at radius 3 is 1.94 bits per heavy atom. The van der Waals surface area contributed by atoms with E-state index in [1.54, 1.807) is 0 Å². The van der Waals surface area contributed by atoms with E-state index < -0.39 is 5.97 Å². The van der Waals surface area contributed by atoms with E-state index in [1.807, 2.05) is 20.8 Å². The molecule has 1 atom stereocenters. The summed E-state index contributed by atoms with van der Waals surface area (Å²) < 4.78 is 4.63. The molecule has 1 unspecified atom stereocenters. The molecule has 1 aliphatic rings.